The van der Waals surface area contributed by atoms with Crippen LogP contribution >= 0.6 is 0 Å². The number of nitrogens with zero attached hydrogens (tertiary/aromatic N) is 2. The maximum Gasteiger partial charge on any atom is 0.354 e. The highest BCUT2D eigenvalue weighted by molar-refractivity contribution is 5.86. The van der Waals surface area contributed by atoms with Gasteiger partial charge in [-0.25, -0.2) is 14.6 Å². The summed E-state index contributed by atoms with van der Waals surface area (Å²) in [7, 11) is 0. The standard InChI is InChI=1S/C7H4N2O3/c10-4-9-5-1-2-8-6(3-5)7(11)12/h1-3H,(H,11,12). The number of rotatable bonds is 2. The topological polar surface area (TPSA) is 79.6 Å². The number of pyridine rings is 1. The fourth-order valence-electron chi connectivity index (χ4n) is 0.659. The van der Waals surface area contributed by atoms with Crippen LogP contribution in [0.1, 0.15) is 10.5 Å². The van der Waals surface area contributed by atoms with Crippen molar-refractivity contribution in [2.24, 2.45) is 4.99 Å². The first-order valence-electron chi connectivity index (χ1n) is 3.01. The first-order valence-corrected chi connectivity index (χ1v) is 3.01. The van der Waals surface area contributed by atoms with Crippen molar-refractivity contribution in [2.45, 2.75) is 0 Å². The minimum Gasteiger partial charge on any atom is -0.477 e. The lowest BCUT2D eigenvalue weighted by atomic mass is 10.3. The molecule has 1 aromatic rings. The van der Waals surface area contributed by atoms with E-state index in [2.05, 4.69) is 9.98 Å². The van der Waals surface area contributed by atoms with Crippen LogP contribution in [0.25, 0.3) is 0 Å². The molecule has 0 bridgehead atoms. The molecule has 0 unspecified atom stereocenters. The van der Waals surface area contributed by atoms with E-state index in [-0.39, 0.29) is 11.4 Å². The predicted octanol–water partition coefficient (Wildman–Crippen LogP) is 0.747. The fraction of sp³-hybridized carbons (Fsp3) is 0. The van der Waals surface area contributed by atoms with Crippen molar-refractivity contribution >= 4 is 17.7 Å². The van der Waals surface area contributed by atoms with Gasteiger partial charge in [-0.05, 0) is 12.1 Å². The lowest BCUT2D eigenvalue weighted by Gasteiger charge is -1.92. The van der Waals surface area contributed by atoms with Gasteiger partial charge in [0.05, 0.1) is 5.69 Å². The van der Waals surface area contributed by atoms with Gasteiger partial charge in [0, 0.05) is 6.20 Å². The van der Waals surface area contributed by atoms with Gasteiger partial charge in [0.25, 0.3) is 0 Å². The maximum atomic E-state index is 10.4. The molecule has 0 amide bonds. The van der Waals surface area contributed by atoms with Crippen LogP contribution in [0, 0.1) is 0 Å². The van der Waals surface area contributed by atoms with Crippen LogP contribution < -0.4 is 0 Å². The Morgan fingerprint density at radius 1 is 1.67 bits per heavy atom. The Balaban J connectivity index is 3.11. The molecule has 12 heavy (non-hydrogen) atoms. The van der Waals surface area contributed by atoms with Gasteiger partial charge >= 0.3 is 5.97 Å². The molecule has 5 nitrogen and oxygen atoms in total. The molecule has 1 aromatic heterocycles. The average molecular weight is 164 g/mol. The fourth-order valence-corrected chi connectivity index (χ4v) is 0.659. The second-order valence-electron chi connectivity index (χ2n) is 1.91. The van der Waals surface area contributed by atoms with Crippen LogP contribution in [0.5, 0.6) is 0 Å². The highest BCUT2D eigenvalue weighted by Gasteiger charge is 2.03. The van der Waals surface area contributed by atoms with Gasteiger partial charge < -0.3 is 5.11 Å². The van der Waals surface area contributed by atoms with E-state index in [1.807, 2.05) is 0 Å². The van der Waals surface area contributed by atoms with Crippen molar-refractivity contribution in [1.82, 2.24) is 4.98 Å². The molecule has 5 heteroatoms. The maximum absolute atomic E-state index is 10.4. The zero-order valence-corrected chi connectivity index (χ0v) is 5.89. The molecule has 0 saturated carbocycles. The van der Waals surface area contributed by atoms with Gasteiger partial charge in [-0.1, -0.05) is 0 Å². The molecule has 0 fully saturated rings. The Morgan fingerprint density at radius 2 is 2.42 bits per heavy atom. The first-order chi connectivity index (χ1) is 5.74. The van der Waals surface area contributed by atoms with Gasteiger partial charge in [-0.2, -0.15) is 4.99 Å². The molecule has 0 radical (unpaired) electrons. The van der Waals surface area contributed by atoms with Gasteiger partial charge in [-0.3, -0.25) is 0 Å². The molecule has 1 heterocycles. The zero-order valence-electron chi connectivity index (χ0n) is 5.89. The minimum atomic E-state index is -1.15. The lowest BCUT2D eigenvalue weighted by molar-refractivity contribution is 0.0690. The molecule has 0 spiro atoms. The minimum absolute atomic E-state index is 0.147. The van der Waals surface area contributed by atoms with Gasteiger partial charge in [0.1, 0.15) is 5.69 Å². The van der Waals surface area contributed by atoms with Crippen LogP contribution in [0.3, 0.4) is 0 Å². The first kappa shape index (κ1) is 8.10. The summed E-state index contributed by atoms with van der Waals surface area (Å²) in [6, 6.07) is 2.60. The van der Waals surface area contributed by atoms with Crippen LogP contribution in [0.4, 0.5) is 5.69 Å². The van der Waals surface area contributed by atoms with Crippen LogP contribution in [0.15, 0.2) is 23.3 Å². The van der Waals surface area contributed by atoms with E-state index < -0.39 is 5.97 Å². The second-order valence-corrected chi connectivity index (χ2v) is 1.91. The van der Waals surface area contributed by atoms with Crippen molar-refractivity contribution in [2.75, 3.05) is 0 Å². The number of carbonyl (C=O) groups is 1. The SMILES string of the molecule is O=C=Nc1ccnc(C(=O)O)c1. The summed E-state index contributed by atoms with van der Waals surface area (Å²) in [5.41, 5.74) is 0.0869. The molecule has 1 rings (SSSR count). The van der Waals surface area contributed by atoms with E-state index in [0.717, 1.165) is 0 Å². The third kappa shape index (κ3) is 1.74. The highest BCUT2D eigenvalue weighted by Crippen LogP contribution is 2.10. The number of hydrogen-bond acceptors (Lipinski definition) is 4. The summed E-state index contributed by atoms with van der Waals surface area (Å²) in [5.74, 6) is -1.15. The predicted molar refractivity (Wildman–Crippen MR) is 39.0 cm³/mol. The molecule has 0 aliphatic carbocycles. The molecule has 0 saturated heterocycles. The van der Waals surface area contributed by atoms with Crippen molar-refractivity contribution in [3.63, 3.8) is 0 Å². The largest absolute Gasteiger partial charge is 0.477 e. The molecule has 1 N–H and O–H groups in total. The third-order valence-corrected chi connectivity index (χ3v) is 1.14. The Labute approximate surface area is 67.4 Å². The lowest BCUT2D eigenvalue weighted by Crippen LogP contribution is -1.98. The summed E-state index contributed by atoms with van der Waals surface area (Å²) in [6.07, 6.45) is 2.57. The zero-order chi connectivity index (χ0) is 8.97. The van der Waals surface area contributed by atoms with E-state index in [1.54, 1.807) is 0 Å². The molecule has 0 atom stereocenters. The number of aliphatic imine (C=N–C) groups is 1. The number of carbonyl (C=O) groups excluding carboxylic acids is 1. The van der Waals surface area contributed by atoms with Gasteiger partial charge in [0.2, 0.25) is 6.08 Å². The Morgan fingerprint density at radius 3 is 3.00 bits per heavy atom. The van der Waals surface area contributed by atoms with Crippen LogP contribution in [-0.2, 0) is 4.79 Å². The van der Waals surface area contributed by atoms with Crippen molar-refractivity contribution in [1.29, 1.82) is 0 Å². The molecule has 0 aliphatic rings. The van der Waals surface area contributed by atoms with Crippen molar-refractivity contribution in [3.05, 3.63) is 24.0 Å². The van der Waals surface area contributed by atoms with E-state index in [1.165, 1.54) is 24.4 Å². The molecular formula is C7H4N2O3. The third-order valence-electron chi connectivity index (χ3n) is 1.14. The Bertz CT molecular complexity index is 338. The Kier molecular flexibility index (Phi) is 2.30. The van der Waals surface area contributed by atoms with Crippen molar-refractivity contribution in [3.8, 4) is 0 Å². The van der Waals surface area contributed by atoms with E-state index >= 15 is 0 Å². The number of aromatic nitrogens is 1. The van der Waals surface area contributed by atoms with E-state index in [9.17, 15) is 9.59 Å². The van der Waals surface area contributed by atoms with E-state index in [0.29, 0.717) is 0 Å². The van der Waals surface area contributed by atoms with Gasteiger partial charge in [0.15, 0.2) is 0 Å². The highest BCUT2D eigenvalue weighted by atomic mass is 16.4. The van der Waals surface area contributed by atoms with E-state index in [4.69, 9.17) is 5.11 Å². The number of carboxylic acids is 1. The monoisotopic (exact) mass is 164 g/mol. The molecule has 0 aromatic carbocycles. The van der Waals surface area contributed by atoms with Crippen LogP contribution in [0.2, 0.25) is 0 Å². The number of isocyanates is 1. The summed E-state index contributed by atoms with van der Waals surface area (Å²) in [6.45, 7) is 0. The number of aromatic carboxylic acids is 1. The number of hydrogen-bond donors (Lipinski definition) is 1. The normalized spacial score (nSPS) is 8.67. The molecule has 60 valence electrons. The number of carboxylic acid groups (broad SMARTS) is 1. The quantitative estimate of drug-likeness (QED) is 0.516. The smallest absolute Gasteiger partial charge is 0.354 e. The van der Waals surface area contributed by atoms with Crippen LogP contribution in [-0.4, -0.2) is 22.1 Å². The summed E-state index contributed by atoms with van der Waals surface area (Å²) >= 11 is 0. The second kappa shape index (κ2) is 3.41. The Hall–Kier alpha value is -2.00. The average Bonchev–Trinajstić information content (AvgIpc) is 2.05. The summed E-state index contributed by atoms with van der Waals surface area (Å²) in [4.78, 5) is 26.9. The summed E-state index contributed by atoms with van der Waals surface area (Å²) in [5, 5.41) is 8.47. The molecular weight excluding hydrogens is 160 g/mol. The van der Waals surface area contributed by atoms with Crippen molar-refractivity contribution < 1.29 is 14.7 Å². The van der Waals surface area contributed by atoms with Gasteiger partial charge in [-0.15, -0.1) is 0 Å². The molecule has 0 aliphatic heterocycles. The summed E-state index contributed by atoms with van der Waals surface area (Å²) < 4.78 is 0.